The van der Waals surface area contributed by atoms with Gasteiger partial charge >= 0.3 is 0 Å². The third-order valence-electron chi connectivity index (χ3n) is 2.62. The van der Waals surface area contributed by atoms with Gasteiger partial charge in [0, 0.05) is 17.2 Å². The molecule has 14 heavy (non-hydrogen) atoms. The van der Waals surface area contributed by atoms with E-state index >= 15 is 0 Å². The van der Waals surface area contributed by atoms with E-state index < -0.39 is 9.84 Å². The van der Waals surface area contributed by atoms with E-state index in [0.717, 1.165) is 13.0 Å². The third kappa shape index (κ3) is 3.87. The van der Waals surface area contributed by atoms with Crippen LogP contribution in [0.3, 0.4) is 0 Å². The molecule has 1 saturated heterocycles. The summed E-state index contributed by atoms with van der Waals surface area (Å²) in [6.45, 7) is 3.17. The maximum absolute atomic E-state index is 11.3. The first kappa shape index (κ1) is 12.5. The highest BCUT2D eigenvalue weighted by molar-refractivity contribution is 9.09. The maximum Gasteiger partial charge on any atom is 0.150 e. The van der Waals surface area contributed by atoms with Crippen LogP contribution in [0.25, 0.3) is 0 Å². The number of hydrogen-bond acceptors (Lipinski definition) is 3. The zero-order valence-electron chi connectivity index (χ0n) is 8.41. The number of ether oxygens (including phenoxy) is 1. The molecule has 84 valence electrons. The van der Waals surface area contributed by atoms with Crippen molar-refractivity contribution in [3.05, 3.63) is 0 Å². The first-order valence-corrected chi connectivity index (χ1v) is 7.71. The molecular formula is C9H17BrO3S. The highest BCUT2D eigenvalue weighted by atomic mass is 79.9. The lowest BCUT2D eigenvalue weighted by molar-refractivity contribution is 0.0594. The van der Waals surface area contributed by atoms with Crippen molar-refractivity contribution in [3.8, 4) is 0 Å². The Morgan fingerprint density at radius 3 is 2.79 bits per heavy atom. The molecule has 0 saturated carbocycles. The second-order valence-electron chi connectivity index (χ2n) is 3.66. The summed E-state index contributed by atoms with van der Waals surface area (Å²) >= 11 is 3.57. The van der Waals surface area contributed by atoms with Gasteiger partial charge in [-0.2, -0.15) is 0 Å². The van der Waals surface area contributed by atoms with E-state index in [2.05, 4.69) is 15.9 Å². The Labute approximate surface area is 94.3 Å². The number of rotatable bonds is 4. The Hall–Kier alpha value is 0.390. The molecule has 0 aromatic carbocycles. The lowest BCUT2D eigenvalue weighted by Crippen LogP contribution is -2.29. The fourth-order valence-corrected chi connectivity index (χ4v) is 3.06. The summed E-state index contributed by atoms with van der Waals surface area (Å²) < 4.78 is 27.9. The second-order valence-corrected chi connectivity index (χ2v) is 7.31. The van der Waals surface area contributed by atoms with Crippen LogP contribution in [0.5, 0.6) is 0 Å². The zero-order chi connectivity index (χ0) is 10.6. The topological polar surface area (TPSA) is 43.4 Å². The predicted molar refractivity (Wildman–Crippen MR) is 60.6 cm³/mol. The minimum absolute atomic E-state index is 0.244. The molecule has 0 aromatic rings. The molecule has 0 radical (unpaired) electrons. The number of alkyl halides is 1. The second kappa shape index (κ2) is 5.47. The number of hydrogen-bond donors (Lipinski definition) is 0. The van der Waals surface area contributed by atoms with Gasteiger partial charge in [0.25, 0.3) is 0 Å². The average molecular weight is 285 g/mol. The van der Waals surface area contributed by atoms with Crippen molar-refractivity contribution >= 4 is 25.8 Å². The zero-order valence-corrected chi connectivity index (χ0v) is 10.8. The van der Waals surface area contributed by atoms with E-state index in [9.17, 15) is 8.42 Å². The molecule has 5 heteroatoms. The van der Waals surface area contributed by atoms with Crippen molar-refractivity contribution in [1.82, 2.24) is 0 Å². The molecule has 1 heterocycles. The third-order valence-corrected chi connectivity index (χ3v) is 5.56. The maximum atomic E-state index is 11.3. The van der Waals surface area contributed by atoms with Gasteiger partial charge in [-0.05, 0) is 18.8 Å². The van der Waals surface area contributed by atoms with Crippen LogP contribution in [0.2, 0.25) is 0 Å². The van der Waals surface area contributed by atoms with Crippen molar-refractivity contribution in [3.63, 3.8) is 0 Å². The molecule has 1 aliphatic heterocycles. The van der Waals surface area contributed by atoms with Crippen LogP contribution in [-0.4, -0.2) is 38.0 Å². The van der Waals surface area contributed by atoms with Gasteiger partial charge in [0.15, 0.2) is 0 Å². The normalized spacial score (nSPS) is 29.0. The lowest BCUT2D eigenvalue weighted by atomic mass is 10.00. The van der Waals surface area contributed by atoms with Crippen molar-refractivity contribution in [2.75, 3.05) is 24.7 Å². The summed E-state index contributed by atoms with van der Waals surface area (Å²) in [5.74, 6) is 0.887. The number of sulfone groups is 1. The van der Waals surface area contributed by atoms with E-state index in [4.69, 9.17) is 4.74 Å². The Bertz CT molecular complexity index is 263. The number of halogens is 1. The van der Waals surface area contributed by atoms with Gasteiger partial charge in [0.2, 0.25) is 0 Å². The average Bonchev–Trinajstić information content (AvgIpc) is 2.17. The Morgan fingerprint density at radius 1 is 1.50 bits per heavy atom. The highest BCUT2D eigenvalue weighted by Gasteiger charge is 2.24. The standard InChI is InChI=1S/C9H17BrO3S/c1-2-14(11,12)6-4-8-7-13-5-3-9(8)10/h8-9H,2-7H2,1H3. The molecule has 0 N–H and O–H groups in total. The monoisotopic (exact) mass is 284 g/mol. The van der Waals surface area contributed by atoms with Crippen LogP contribution in [0, 0.1) is 5.92 Å². The van der Waals surface area contributed by atoms with Crippen LogP contribution in [0.15, 0.2) is 0 Å². The van der Waals surface area contributed by atoms with E-state index in [0.29, 0.717) is 29.5 Å². The first-order chi connectivity index (χ1) is 6.55. The van der Waals surface area contributed by atoms with E-state index in [1.165, 1.54) is 0 Å². The lowest BCUT2D eigenvalue weighted by Gasteiger charge is -2.27. The van der Waals surface area contributed by atoms with E-state index in [1.54, 1.807) is 6.92 Å². The minimum Gasteiger partial charge on any atom is -0.381 e. The van der Waals surface area contributed by atoms with Crippen molar-refractivity contribution < 1.29 is 13.2 Å². The molecule has 0 amide bonds. The molecule has 0 aromatic heterocycles. The van der Waals surface area contributed by atoms with Gasteiger partial charge in [0.1, 0.15) is 9.84 Å². The molecular weight excluding hydrogens is 268 g/mol. The Kier molecular flexibility index (Phi) is 4.87. The SMILES string of the molecule is CCS(=O)(=O)CCC1COCCC1Br. The van der Waals surface area contributed by atoms with Crippen LogP contribution in [-0.2, 0) is 14.6 Å². The minimum atomic E-state index is -2.82. The van der Waals surface area contributed by atoms with Crippen LogP contribution < -0.4 is 0 Å². The first-order valence-electron chi connectivity index (χ1n) is 4.97. The smallest absolute Gasteiger partial charge is 0.150 e. The largest absolute Gasteiger partial charge is 0.381 e. The molecule has 1 fully saturated rings. The van der Waals surface area contributed by atoms with Crippen LogP contribution in [0.4, 0.5) is 0 Å². The predicted octanol–water partition coefficient (Wildman–Crippen LogP) is 1.61. The summed E-state index contributed by atoms with van der Waals surface area (Å²) in [4.78, 5) is 0.420. The molecule has 2 unspecified atom stereocenters. The van der Waals surface area contributed by atoms with Gasteiger partial charge in [-0.1, -0.05) is 22.9 Å². The molecule has 0 aliphatic carbocycles. The molecule has 1 rings (SSSR count). The van der Waals surface area contributed by atoms with Crippen LogP contribution in [0.1, 0.15) is 19.8 Å². The van der Waals surface area contributed by atoms with Crippen molar-refractivity contribution in [2.24, 2.45) is 5.92 Å². The molecule has 0 bridgehead atoms. The fraction of sp³-hybridized carbons (Fsp3) is 1.00. The summed E-state index contributed by atoms with van der Waals surface area (Å²) in [5, 5.41) is 0. The van der Waals surface area contributed by atoms with Crippen molar-refractivity contribution in [1.29, 1.82) is 0 Å². The van der Waals surface area contributed by atoms with E-state index in [-0.39, 0.29) is 5.75 Å². The van der Waals surface area contributed by atoms with Crippen molar-refractivity contribution in [2.45, 2.75) is 24.6 Å². The van der Waals surface area contributed by atoms with Crippen LogP contribution >= 0.6 is 15.9 Å². The Morgan fingerprint density at radius 2 is 2.21 bits per heavy atom. The fourth-order valence-electron chi connectivity index (χ4n) is 1.51. The highest BCUT2D eigenvalue weighted by Crippen LogP contribution is 2.25. The summed E-state index contributed by atoms with van der Waals surface area (Å²) in [7, 11) is -2.82. The van der Waals surface area contributed by atoms with Gasteiger partial charge in [-0.3, -0.25) is 0 Å². The molecule has 3 nitrogen and oxygen atoms in total. The molecule has 1 aliphatic rings. The Balaban J connectivity index is 2.36. The van der Waals surface area contributed by atoms with Gasteiger partial charge in [-0.25, -0.2) is 8.42 Å². The van der Waals surface area contributed by atoms with E-state index in [1.807, 2.05) is 0 Å². The molecule has 0 spiro atoms. The van der Waals surface area contributed by atoms with Gasteiger partial charge < -0.3 is 4.74 Å². The molecule has 2 atom stereocenters. The summed E-state index contributed by atoms with van der Waals surface area (Å²) in [6.07, 6.45) is 1.70. The summed E-state index contributed by atoms with van der Waals surface area (Å²) in [6, 6.07) is 0. The van der Waals surface area contributed by atoms with Gasteiger partial charge in [-0.15, -0.1) is 0 Å². The quantitative estimate of drug-likeness (QED) is 0.737. The summed E-state index contributed by atoms with van der Waals surface area (Å²) in [5.41, 5.74) is 0. The van der Waals surface area contributed by atoms with Gasteiger partial charge in [0.05, 0.1) is 12.4 Å².